The minimum atomic E-state index is -4.59. The average molecular weight is 363 g/mol. The van der Waals surface area contributed by atoms with Gasteiger partial charge in [-0.15, -0.1) is 0 Å². The first-order valence-electron chi connectivity index (χ1n) is 7.35. The van der Waals surface area contributed by atoms with Crippen LogP contribution in [0.1, 0.15) is 11.4 Å². The summed E-state index contributed by atoms with van der Waals surface area (Å²) >= 11 is 0. The fourth-order valence-corrected chi connectivity index (χ4v) is 2.49. The number of nitrogens with zero attached hydrogens (tertiary/aromatic N) is 5. The number of fused-ring (bicyclic) bond motifs is 1. The summed E-state index contributed by atoms with van der Waals surface area (Å²) in [5.41, 5.74) is -0.149. The summed E-state index contributed by atoms with van der Waals surface area (Å²) in [6.07, 6.45) is -3.40. The molecule has 4 aromatic rings. The van der Waals surface area contributed by atoms with Gasteiger partial charge in [0.1, 0.15) is 11.5 Å². The minimum Gasteiger partial charge on any atom is -0.334 e. The number of aryl methyl sites for hydroxylation is 1. The lowest BCUT2D eigenvalue weighted by molar-refractivity contribution is -0.142. The van der Waals surface area contributed by atoms with E-state index >= 15 is 0 Å². The fourth-order valence-electron chi connectivity index (χ4n) is 2.49. The van der Waals surface area contributed by atoms with Crippen LogP contribution in [0.5, 0.6) is 0 Å². The quantitative estimate of drug-likeness (QED) is 0.505. The molecular formula is C16H9F4N5O. The van der Waals surface area contributed by atoms with Crippen molar-refractivity contribution in [3.8, 4) is 22.8 Å². The predicted octanol–water partition coefficient (Wildman–Crippen LogP) is 3.91. The van der Waals surface area contributed by atoms with E-state index in [9.17, 15) is 17.6 Å². The number of aromatic nitrogens is 5. The lowest BCUT2D eigenvalue weighted by atomic mass is 10.2. The summed E-state index contributed by atoms with van der Waals surface area (Å²) in [5.74, 6) is -0.288. The largest absolute Gasteiger partial charge is 0.433 e. The van der Waals surface area contributed by atoms with Crippen LogP contribution in [0.25, 0.3) is 28.5 Å². The van der Waals surface area contributed by atoms with Crippen LogP contribution in [0, 0.1) is 12.7 Å². The second-order valence-electron chi connectivity index (χ2n) is 5.50. The van der Waals surface area contributed by atoms with Crippen molar-refractivity contribution >= 4 is 5.65 Å². The number of hydrogen-bond donors (Lipinski definition) is 0. The second-order valence-corrected chi connectivity index (χ2v) is 5.50. The zero-order chi connectivity index (χ0) is 18.5. The van der Waals surface area contributed by atoms with Gasteiger partial charge in [0, 0.05) is 11.3 Å². The van der Waals surface area contributed by atoms with Crippen molar-refractivity contribution < 1.29 is 22.1 Å². The monoisotopic (exact) mass is 363 g/mol. The molecule has 0 saturated carbocycles. The smallest absolute Gasteiger partial charge is 0.334 e. The summed E-state index contributed by atoms with van der Waals surface area (Å²) in [6, 6.07) is 6.27. The second kappa shape index (κ2) is 5.61. The molecule has 0 bridgehead atoms. The van der Waals surface area contributed by atoms with Crippen molar-refractivity contribution in [3.63, 3.8) is 0 Å². The van der Waals surface area contributed by atoms with Gasteiger partial charge < -0.3 is 4.52 Å². The Bertz CT molecular complexity index is 1100. The minimum absolute atomic E-state index is 0.0329. The highest BCUT2D eigenvalue weighted by molar-refractivity contribution is 5.73. The Morgan fingerprint density at radius 3 is 2.50 bits per heavy atom. The van der Waals surface area contributed by atoms with Crippen LogP contribution >= 0.6 is 0 Å². The number of benzene rings is 1. The molecule has 0 unspecified atom stereocenters. The first-order chi connectivity index (χ1) is 12.3. The molecule has 0 atom stereocenters. The van der Waals surface area contributed by atoms with Gasteiger partial charge in [0.25, 0.3) is 5.89 Å². The van der Waals surface area contributed by atoms with Crippen LogP contribution in [0.4, 0.5) is 17.6 Å². The fraction of sp³-hybridized carbons (Fsp3) is 0.125. The van der Waals surface area contributed by atoms with E-state index in [1.165, 1.54) is 37.4 Å². The van der Waals surface area contributed by atoms with Gasteiger partial charge >= 0.3 is 6.18 Å². The Morgan fingerprint density at radius 2 is 1.81 bits per heavy atom. The highest BCUT2D eigenvalue weighted by atomic mass is 19.4. The topological polar surface area (TPSA) is 69.1 Å². The molecule has 0 radical (unpaired) electrons. The first-order valence-corrected chi connectivity index (χ1v) is 7.35. The number of rotatable bonds is 2. The number of halogens is 4. The van der Waals surface area contributed by atoms with Gasteiger partial charge in [0.05, 0.1) is 11.8 Å². The summed E-state index contributed by atoms with van der Waals surface area (Å²) in [6.45, 7) is 1.45. The first kappa shape index (κ1) is 16.2. The van der Waals surface area contributed by atoms with Crippen molar-refractivity contribution in [2.45, 2.75) is 13.1 Å². The molecule has 26 heavy (non-hydrogen) atoms. The van der Waals surface area contributed by atoms with E-state index in [1.807, 2.05) is 0 Å². The molecule has 10 heteroatoms. The Kier molecular flexibility index (Phi) is 3.49. The van der Waals surface area contributed by atoms with Gasteiger partial charge in [-0.3, -0.25) is 0 Å². The Balaban J connectivity index is 1.83. The van der Waals surface area contributed by atoms with E-state index < -0.39 is 17.7 Å². The van der Waals surface area contributed by atoms with Crippen LogP contribution in [-0.2, 0) is 6.18 Å². The molecular weight excluding hydrogens is 354 g/mol. The third-order valence-corrected chi connectivity index (χ3v) is 3.65. The lowest BCUT2D eigenvalue weighted by Gasteiger charge is -2.09. The molecule has 0 fully saturated rings. The summed E-state index contributed by atoms with van der Waals surface area (Å²) in [5, 5.41) is 7.53. The zero-order valence-electron chi connectivity index (χ0n) is 13.1. The summed E-state index contributed by atoms with van der Waals surface area (Å²) in [4.78, 5) is 8.26. The van der Waals surface area contributed by atoms with E-state index in [0.717, 1.165) is 6.07 Å². The van der Waals surface area contributed by atoms with Gasteiger partial charge in [-0.05, 0) is 37.3 Å². The normalized spacial score (nSPS) is 12.0. The molecule has 0 spiro atoms. The van der Waals surface area contributed by atoms with Gasteiger partial charge in [-0.1, -0.05) is 5.16 Å². The van der Waals surface area contributed by atoms with Crippen LogP contribution in [0.3, 0.4) is 0 Å². The van der Waals surface area contributed by atoms with Crippen LogP contribution in [0.15, 0.2) is 41.1 Å². The average Bonchev–Trinajstić information content (AvgIpc) is 3.20. The third kappa shape index (κ3) is 2.68. The highest BCUT2D eigenvalue weighted by Crippen LogP contribution is 2.32. The Hall–Kier alpha value is -3.30. The molecule has 0 N–H and O–H groups in total. The summed E-state index contributed by atoms with van der Waals surface area (Å²) in [7, 11) is 0. The van der Waals surface area contributed by atoms with Crippen molar-refractivity contribution in [1.82, 2.24) is 24.7 Å². The molecule has 1 aromatic carbocycles. The van der Waals surface area contributed by atoms with E-state index in [-0.39, 0.29) is 28.6 Å². The standard InChI is InChI=1S/C16H9F4N5O/c1-8-6-12(16(18,19)20)25-14(22-8)11(7-21-25)13-23-15(26-24-13)9-2-4-10(17)5-3-9/h2-7H,1H3. The molecule has 132 valence electrons. The Labute approximate surface area is 143 Å². The van der Waals surface area contributed by atoms with Crippen molar-refractivity contribution in [2.75, 3.05) is 0 Å². The molecule has 6 nitrogen and oxygen atoms in total. The molecule has 0 amide bonds. The van der Waals surface area contributed by atoms with Crippen molar-refractivity contribution in [3.05, 3.63) is 53.7 Å². The lowest BCUT2D eigenvalue weighted by Crippen LogP contribution is -2.13. The maximum Gasteiger partial charge on any atom is 0.433 e. The van der Waals surface area contributed by atoms with Crippen LogP contribution in [0.2, 0.25) is 0 Å². The molecule has 4 rings (SSSR count). The molecule has 0 aliphatic rings. The Morgan fingerprint density at radius 1 is 1.08 bits per heavy atom. The maximum absolute atomic E-state index is 13.2. The highest BCUT2D eigenvalue weighted by Gasteiger charge is 2.35. The van der Waals surface area contributed by atoms with Gasteiger partial charge in [0.2, 0.25) is 5.82 Å². The van der Waals surface area contributed by atoms with E-state index in [2.05, 4.69) is 20.2 Å². The van der Waals surface area contributed by atoms with Gasteiger partial charge in [-0.2, -0.15) is 23.3 Å². The number of hydrogen-bond acceptors (Lipinski definition) is 5. The predicted molar refractivity (Wildman–Crippen MR) is 81.4 cm³/mol. The zero-order valence-corrected chi connectivity index (χ0v) is 13.1. The maximum atomic E-state index is 13.2. The van der Waals surface area contributed by atoms with Gasteiger partial charge in [0.15, 0.2) is 5.65 Å². The SMILES string of the molecule is Cc1cc(C(F)(F)F)n2ncc(-c3noc(-c4ccc(F)cc4)n3)c2n1. The van der Waals surface area contributed by atoms with Crippen molar-refractivity contribution in [1.29, 1.82) is 0 Å². The van der Waals surface area contributed by atoms with Crippen LogP contribution in [-0.4, -0.2) is 24.7 Å². The molecule has 0 saturated heterocycles. The van der Waals surface area contributed by atoms with E-state index in [0.29, 0.717) is 10.1 Å². The number of alkyl halides is 3. The van der Waals surface area contributed by atoms with Crippen LogP contribution < -0.4 is 0 Å². The summed E-state index contributed by atoms with van der Waals surface area (Å²) < 4.78 is 58.4. The molecule has 3 aromatic heterocycles. The van der Waals surface area contributed by atoms with E-state index in [1.54, 1.807) is 0 Å². The van der Waals surface area contributed by atoms with E-state index in [4.69, 9.17) is 4.52 Å². The molecule has 0 aliphatic heterocycles. The van der Waals surface area contributed by atoms with Gasteiger partial charge in [-0.25, -0.2) is 13.9 Å². The molecule has 3 heterocycles. The third-order valence-electron chi connectivity index (χ3n) is 3.65. The van der Waals surface area contributed by atoms with Crippen molar-refractivity contribution in [2.24, 2.45) is 0 Å². The molecule has 0 aliphatic carbocycles.